The predicted molar refractivity (Wildman–Crippen MR) is 122 cm³/mol. The zero-order chi connectivity index (χ0) is 18.9. The summed E-state index contributed by atoms with van der Waals surface area (Å²) in [6, 6.07) is 9.86. The summed E-state index contributed by atoms with van der Waals surface area (Å²) in [5.41, 5.74) is 1.07. The van der Waals surface area contributed by atoms with Crippen molar-refractivity contribution in [1.82, 2.24) is 10.6 Å². The second-order valence-corrected chi connectivity index (χ2v) is 6.64. The SMILES string of the molecule is CCNC(=NCc1ccc(OC2CCCC2)c(OC)c1)NCc1ccco1.I. The van der Waals surface area contributed by atoms with Crippen molar-refractivity contribution in [1.29, 1.82) is 0 Å². The molecule has 0 bridgehead atoms. The first-order valence-electron chi connectivity index (χ1n) is 9.66. The quantitative estimate of drug-likeness (QED) is 0.319. The molecule has 6 nitrogen and oxygen atoms in total. The molecule has 1 aliphatic carbocycles. The maximum atomic E-state index is 6.10. The summed E-state index contributed by atoms with van der Waals surface area (Å²) in [6.07, 6.45) is 6.73. The molecule has 1 aliphatic rings. The van der Waals surface area contributed by atoms with Gasteiger partial charge in [-0.05, 0) is 62.4 Å². The average Bonchev–Trinajstić information content (AvgIpc) is 3.39. The van der Waals surface area contributed by atoms with Crippen LogP contribution in [0.15, 0.2) is 46.0 Å². The van der Waals surface area contributed by atoms with Crippen LogP contribution in [0.3, 0.4) is 0 Å². The van der Waals surface area contributed by atoms with E-state index in [0.29, 0.717) is 19.2 Å². The number of rotatable bonds is 8. The molecule has 0 atom stereocenters. The van der Waals surface area contributed by atoms with Crippen LogP contribution in [0.4, 0.5) is 0 Å². The Labute approximate surface area is 184 Å². The van der Waals surface area contributed by atoms with Gasteiger partial charge in [0.2, 0.25) is 0 Å². The first kappa shape index (κ1) is 22.4. The summed E-state index contributed by atoms with van der Waals surface area (Å²) in [5.74, 6) is 3.21. The highest BCUT2D eigenvalue weighted by molar-refractivity contribution is 14.0. The molecule has 1 fully saturated rings. The Morgan fingerprint density at radius 1 is 1.18 bits per heavy atom. The van der Waals surface area contributed by atoms with Crippen LogP contribution < -0.4 is 20.1 Å². The predicted octanol–water partition coefficient (Wildman–Crippen LogP) is 4.48. The van der Waals surface area contributed by atoms with E-state index in [0.717, 1.165) is 48.2 Å². The van der Waals surface area contributed by atoms with Crippen LogP contribution in [0.25, 0.3) is 0 Å². The Morgan fingerprint density at radius 2 is 2.00 bits per heavy atom. The summed E-state index contributed by atoms with van der Waals surface area (Å²) in [5, 5.41) is 6.52. The Balaban J connectivity index is 0.00000280. The largest absolute Gasteiger partial charge is 0.493 e. The number of ether oxygens (including phenoxy) is 2. The normalized spacial score (nSPS) is 14.4. The van der Waals surface area contributed by atoms with Crippen LogP contribution in [0, 0.1) is 0 Å². The first-order chi connectivity index (χ1) is 13.3. The van der Waals surface area contributed by atoms with E-state index in [2.05, 4.69) is 15.6 Å². The van der Waals surface area contributed by atoms with Crippen molar-refractivity contribution in [3.63, 3.8) is 0 Å². The second-order valence-electron chi connectivity index (χ2n) is 6.64. The van der Waals surface area contributed by atoms with Gasteiger partial charge in [0.05, 0.1) is 32.6 Å². The number of nitrogens with one attached hydrogen (secondary N) is 2. The van der Waals surface area contributed by atoms with Crippen molar-refractivity contribution < 1.29 is 13.9 Å². The highest BCUT2D eigenvalue weighted by atomic mass is 127. The molecule has 1 aromatic heterocycles. The summed E-state index contributed by atoms with van der Waals surface area (Å²) in [6.45, 7) is 3.98. The summed E-state index contributed by atoms with van der Waals surface area (Å²) < 4.78 is 17.0. The van der Waals surface area contributed by atoms with Crippen LogP contribution in [0.2, 0.25) is 0 Å². The maximum absolute atomic E-state index is 6.10. The van der Waals surface area contributed by atoms with Crippen LogP contribution in [0.5, 0.6) is 11.5 Å². The van der Waals surface area contributed by atoms with E-state index in [9.17, 15) is 0 Å². The topological polar surface area (TPSA) is 68.0 Å². The zero-order valence-corrected chi connectivity index (χ0v) is 18.9. The van der Waals surface area contributed by atoms with Crippen LogP contribution in [-0.2, 0) is 13.1 Å². The van der Waals surface area contributed by atoms with E-state index >= 15 is 0 Å². The van der Waals surface area contributed by atoms with E-state index in [-0.39, 0.29) is 24.0 Å². The van der Waals surface area contributed by atoms with Gasteiger partial charge in [0.1, 0.15) is 5.76 Å². The van der Waals surface area contributed by atoms with Gasteiger partial charge in [0.25, 0.3) is 0 Å². The van der Waals surface area contributed by atoms with Crippen molar-refractivity contribution in [3.8, 4) is 11.5 Å². The summed E-state index contributed by atoms with van der Waals surface area (Å²) >= 11 is 0. The fourth-order valence-electron chi connectivity index (χ4n) is 3.19. The smallest absolute Gasteiger partial charge is 0.191 e. The van der Waals surface area contributed by atoms with Gasteiger partial charge in [-0.2, -0.15) is 0 Å². The number of hydrogen-bond donors (Lipinski definition) is 2. The molecule has 1 saturated carbocycles. The van der Waals surface area contributed by atoms with Gasteiger partial charge in [-0.15, -0.1) is 24.0 Å². The second kappa shape index (κ2) is 11.8. The molecule has 0 aliphatic heterocycles. The number of benzene rings is 1. The van der Waals surface area contributed by atoms with E-state index in [1.807, 2.05) is 37.3 Å². The van der Waals surface area contributed by atoms with E-state index < -0.39 is 0 Å². The van der Waals surface area contributed by atoms with Crippen LogP contribution >= 0.6 is 24.0 Å². The Morgan fingerprint density at radius 3 is 2.68 bits per heavy atom. The van der Waals surface area contributed by atoms with E-state index in [1.54, 1.807) is 13.4 Å². The third kappa shape index (κ3) is 6.61. The van der Waals surface area contributed by atoms with Gasteiger partial charge in [-0.1, -0.05) is 6.07 Å². The molecule has 3 rings (SSSR count). The van der Waals surface area contributed by atoms with E-state index in [1.165, 1.54) is 12.8 Å². The molecule has 154 valence electrons. The minimum atomic E-state index is 0. The lowest BCUT2D eigenvalue weighted by Gasteiger charge is -2.16. The lowest BCUT2D eigenvalue weighted by atomic mass is 10.2. The molecule has 0 unspecified atom stereocenters. The molecular formula is C21H30IN3O3. The molecule has 0 spiro atoms. The number of nitrogens with zero attached hydrogens (tertiary/aromatic N) is 1. The van der Waals surface area contributed by atoms with Crippen molar-refractivity contribution >= 4 is 29.9 Å². The minimum absolute atomic E-state index is 0. The van der Waals surface area contributed by atoms with Gasteiger partial charge >= 0.3 is 0 Å². The van der Waals surface area contributed by atoms with Crippen molar-refractivity contribution in [2.24, 2.45) is 4.99 Å². The van der Waals surface area contributed by atoms with Gasteiger partial charge in [0.15, 0.2) is 17.5 Å². The van der Waals surface area contributed by atoms with E-state index in [4.69, 9.17) is 13.9 Å². The number of halogens is 1. The highest BCUT2D eigenvalue weighted by Gasteiger charge is 2.18. The number of methoxy groups -OCH3 is 1. The third-order valence-electron chi connectivity index (χ3n) is 4.60. The van der Waals surface area contributed by atoms with Crippen LogP contribution in [-0.4, -0.2) is 25.7 Å². The molecule has 1 aromatic carbocycles. The third-order valence-corrected chi connectivity index (χ3v) is 4.60. The molecule has 28 heavy (non-hydrogen) atoms. The Kier molecular flexibility index (Phi) is 9.46. The van der Waals surface area contributed by atoms with Crippen molar-refractivity contribution in [3.05, 3.63) is 47.9 Å². The van der Waals surface area contributed by atoms with Crippen LogP contribution in [0.1, 0.15) is 43.9 Å². The number of hydrogen-bond acceptors (Lipinski definition) is 4. The fourth-order valence-corrected chi connectivity index (χ4v) is 3.19. The number of guanidine groups is 1. The highest BCUT2D eigenvalue weighted by Crippen LogP contribution is 2.32. The minimum Gasteiger partial charge on any atom is -0.493 e. The Bertz CT molecular complexity index is 729. The fraction of sp³-hybridized carbons (Fsp3) is 0.476. The molecular weight excluding hydrogens is 469 g/mol. The number of furan rings is 1. The lowest BCUT2D eigenvalue weighted by molar-refractivity contribution is 0.200. The average molecular weight is 499 g/mol. The van der Waals surface area contributed by atoms with Crippen molar-refractivity contribution in [2.75, 3.05) is 13.7 Å². The molecule has 0 saturated heterocycles. The molecule has 7 heteroatoms. The summed E-state index contributed by atoms with van der Waals surface area (Å²) in [7, 11) is 1.68. The van der Waals surface area contributed by atoms with Gasteiger partial charge < -0.3 is 24.5 Å². The monoisotopic (exact) mass is 499 g/mol. The molecule has 2 aromatic rings. The first-order valence-corrected chi connectivity index (χ1v) is 9.66. The number of aliphatic imine (C=N–C) groups is 1. The molecule has 1 heterocycles. The molecule has 0 amide bonds. The zero-order valence-electron chi connectivity index (χ0n) is 16.6. The van der Waals surface area contributed by atoms with Crippen molar-refractivity contribution in [2.45, 2.75) is 51.8 Å². The Hall–Kier alpha value is -1.90. The molecule has 2 N–H and O–H groups in total. The van der Waals surface area contributed by atoms with Gasteiger partial charge in [0, 0.05) is 6.54 Å². The standard InChI is InChI=1S/C21H29N3O3.HI/c1-3-22-21(24-15-18-9-6-12-26-18)23-14-16-10-11-19(20(13-16)25-2)27-17-7-4-5-8-17;/h6,9-13,17H,3-5,7-8,14-15H2,1-2H3,(H2,22,23,24);1H. The maximum Gasteiger partial charge on any atom is 0.191 e. The van der Waals surface area contributed by atoms with Gasteiger partial charge in [-0.25, -0.2) is 4.99 Å². The van der Waals surface area contributed by atoms with Gasteiger partial charge in [-0.3, -0.25) is 0 Å². The molecule has 0 radical (unpaired) electrons. The lowest BCUT2D eigenvalue weighted by Crippen LogP contribution is -2.36. The summed E-state index contributed by atoms with van der Waals surface area (Å²) in [4.78, 5) is 4.65.